The van der Waals surface area contributed by atoms with Gasteiger partial charge in [-0.3, -0.25) is 19.3 Å². The van der Waals surface area contributed by atoms with E-state index in [9.17, 15) is 19.2 Å². The summed E-state index contributed by atoms with van der Waals surface area (Å²) in [4.78, 5) is 51.0. The van der Waals surface area contributed by atoms with Gasteiger partial charge in [-0.05, 0) is 62.4 Å². The zero-order valence-electron chi connectivity index (χ0n) is 19.5. The van der Waals surface area contributed by atoms with E-state index in [1.165, 1.54) is 18.2 Å². The molecule has 0 bridgehead atoms. The topological polar surface area (TPSA) is 102 Å². The zero-order valence-corrected chi connectivity index (χ0v) is 21.1. The number of imide groups is 1. The molecule has 2 aromatic rings. The van der Waals surface area contributed by atoms with Crippen molar-refractivity contribution in [2.75, 3.05) is 18.5 Å². The Morgan fingerprint density at radius 2 is 1.91 bits per heavy atom. The molecule has 10 heteroatoms. The second-order valence-electron chi connectivity index (χ2n) is 7.61. The van der Waals surface area contributed by atoms with E-state index in [1.54, 1.807) is 25.1 Å². The molecule has 0 aromatic heterocycles. The molecule has 1 aliphatic heterocycles. The predicted octanol–water partition coefficient (Wildman–Crippen LogP) is 5.37. The van der Waals surface area contributed by atoms with Gasteiger partial charge in [-0.2, -0.15) is 0 Å². The van der Waals surface area contributed by atoms with Crippen LogP contribution in [0.1, 0.15) is 43.1 Å². The first-order chi connectivity index (χ1) is 16.7. The van der Waals surface area contributed by atoms with Crippen LogP contribution in [-0.4, -0.2) is 47.2 Å². The van der Waals surface area contributed by atoms with Crippen molar-refractivity contribution in [2.45, 2.75) is 33.3 Å². The summed E-state index contributed by atoms with van der Waals surface area (Å²) in [7, 11) is 0. The van der Waals surface area contributed by atoms with Gasteiger partial charge in [-0.1, -0.05) is 36.7 Å². The van der Waals surface area contributed by atoms with Crippen LogP contribution < -0.4 is 10.1 Å². The molecule has 35 heavy (non-hydrogen) atoms. The molecule has 0 saturated carbocycles. The largest absolute Gasteiger partial charge is 0.490 e. The maximum absolute atomic E-state index is 12.9. The Bertz CT molecular complexity index is 1180. The third-order valence-electron chi connectivity index (χ3n) is 5.03. The number of esters is 1. The predicted molar refractivity (Wildman–Crippen MR) is 136 cm³/mol. The van der Waals surface area contributed by atoms with E-state index in [2.05, 4.69) is 5.32 Å². The Kier molecular flexibility index (Phi) is 8.95. The molecule has 1 aliphatic rings. The van der Waals surface area contributed by atoms with E-state index in [4.69, 9.17) is 21.1 Å². The number of para-hydroxylation sites is 1. The van der Waals surface area contributed by atoms with Crippen LogP contribution >= 0.6 is 23.4 Å². The summed E-state index contributed by atoms with van der Waals surface area (Å²) in [6.07, 6.45) is 2.39. The Labute approximate surface area is 212 Å². The number of hydrogen-bond donors (Lipinski definition) is 1. The normalized spacial score (nSPS) is 15.3. The second kappa shape index (κ2) is 11.9. The van der Waals surface area contributed by atoms with Crippen molar-refractivity contribution in [3.8, 4) is 5.75 Å². The molecule has 0 spiro atoms. The van der Waals surface area contributed by atoms with Crippen molar-refractivity contribution < 1.29 is 28.7 Å². The number of nitrogens with zero attached hydrogens (tertiary/aromatic N) is 1. The van der Waals surface area contributed by atoms with Crippen LogP contribution in [0.4, 0.5) is 10.5 Å². The van der Waals surface area contributed by atoms with Gasteiger partial charge in [0.25, 0.3) is 11.1 Å². The quantitative estimate of drug-likeness (QED) is 0.353. The maximum atomic E-state index is 12.9. The Morgan fingerprint density at radius 3 is 2.63 bits per heavy atom. The Morgan fingerprint density at radius 1 is 1.17 bits per heavy atom. The summed E-state index contributed by atoms with van der Waals surface area (Å²) in [6.45, 7) is 5.31. The molecule has 0 aliphatic carbocycles. The van der Waals surface area contributed by atoms with Crippen molar-refractivity contribution in [2.24, 2.45) is 0 Å². The van der Waals surface area contributed by atoms with E-state index in [1.807, 2.05) is 26.0 Å². The van der Waals surface area contributed by atoms with E-state index >= 15 is 0 Å². The fraction of sp³-hybridized carbons (Fsp3) is 0.280. The number of anilines is 1. The number of ether oxygens (including phenoxy) is 2. The molecule has 8 nitrogen and oxygen atoms in total. The molecular formula is C25H25ClN2O6S. The van der Waals surface area contributed by atoms with Crippen LogP contribution in [-0.2, 0) is 14.3 Å². The van der Waals surface area contributed by atoms with Gasteiger partial charge < -0.3 is 14.8 Å². The standard InChI is InChI=1S/C25H25ClN2O6S/c1-4-15(3)34-20-9-7-6-8-16(20)12-21-23(30)28(25(32)35-21)14-22(29)27-17-10-11-19(26)18(13-17)24(31)33-5-2/h6-13,15H,4-5,14H2,1-3H3,(H,27,29)/b21-12+/t15-/m0/s1. The average Bonchev–Trinajstić information content (AvgIpc) is 3.08. The van der Waals surface area contributed by atoms with E-state index in [0.717, 1.165) is 23.1 Å². The monoisotopic (exact) mass is 516 g/mol. The summed E-state index contributed by atoms with van der Waals surface area (Å²) in [6, 6.07) is 11.6. The van der Waals surface area contributed by atoms with Crippen molar-refractivity contribution in [1.82, 2.24) is 4.90 Å². The number of thioether (sulfide) groups is 1. The van der Waals surface area contributed by atoms with E-state index in [0.29, 0.717) is 11.3 Å². The lowest BCUT2D eigenvalue weighted by Crippen LogP contribution is -2.36. The first kappa shape index (κ1) is 26.3. The first-order valence-corrected chi connectivity index (χ1v) is 12.2. The summed E-state index contributed by atoms with van der Waals surface area (Å²) in [5, 5.41) is 2.20. The van der Waals surface area contributed by atoms with Crippen molar-refractivity contribution in [3.63, 3.8) is 0 Å². The lowest BCUT2D eigenvalue weighted by Gasteiger charge is -2.15. The molecule has 184 valence electrons. The van der Waals surface area contributed by atoms with E-state index in [-0.39, 0.29) is 33.9 Å². The highest BCUT2D eigenvalue weighted by Gasteiger charge is 2.36. The molecular weight excluding hydrogens is 492 g/mol. The molecule has 1 heterocycles. The van der Waals surface area contributed by atoms with Gasteiger partial charge in [0.1, 0.15) is 12.3 Å². The summed E-state index contributed by atoms with van der Waals surface area (Å²) in [5.41, 5.74) is 1.04. The number of rotatable bonds is 9. The van der Waals surface area contributed by atoms with Crippen molar-refractivity contribution in [3.05, 3.63) is 63.5 Å². The summed E-state index contributed by atoms with van der Waals surface area (Å²) in [5.74, 6) is -1.20. The van der Waals surface area contributed by atoms with Gasteiger partial charge in [0, 0.05) is 11.3 Å². The van der Waals surface area contributed by atoms with Crippen LogP contribution in [0.25, 0.3) is 6.08 Å². The Balaban J connectivity index is 1.71. The second-order valence-corrected chi connectivity index (χ2v) is 9.01. The first-order valence-electron chi connectivity index (χ1n) is 11.0. The van der Waals surface area contributed by atoms with Crippen LogP contribution in [0, 0.1) is 0 Å². The number of benzene rings is 2. The van der Waals surface area contributed by atoms with Crippen molar-refractivity contribution >= 4 is 58.1 Å². The molecule has 0 unspecified atom stereocenters. The van der Waals surface area contributed by atoms with Gasteiger partial charge in [0.05, 0.1) is 28.2 Å². The number of amides is 3. The third kappa shape index (κ3) is 6.64. The van der Waals surface area contributed by atoms with Crippen LogP contribution in [0.15, 0.2) is 47.4 Å². The highest BCUT2D eigenvalue weighted by Crippen LogP contribution is 2.34. The highest BCUT2D eigenvalue weighted by atomic mass is 35.5. The van der Waals surface area contributed by atoms with Gasteiger partial charge in [-0.15, -0.1) is 0 Å². The molecule has 1 saturated heterocycles. The van der Waals surface area contributed by atoms with Gasteiger partial charge in [-0.25, -0.2) is 4.79 Å². The molecule has 3 amide bonds. The molecule has 1 atom stereocenters. The van der Waals surface area contributed by atoms with Crippen LogP contribution in [0.2, 0.25) is 5.02 Å². The minimum absolute atomic E-state index is 0.0134. The number of nitrogens with one attached hydrogen (secondary N) is 1. The minimum atomic E-state index is -0.623. The summed E-state index contributed by atoms with van der Waals surface area (Å²) >= 11 is 6.80. The molecule has 1 fully saturated rings. The number of hydrogen-bond acceptors (Lipinski definition) is 7. The molecule has 1 N–H and O–H groups in total. The number of carbonyl (C=O) groups is 4. The minimum Gasteiger partial charge on any atom is -0.490 e. The summed E-state index contributed by atoms with van der Waals surface area (Å²) < 4.78 is 10.9. The van der Waals surface area contributed by atoms with Crippen LogP contribution in [0.3, 0.4) is 0 Å². The third-order valence-corrected chi connectivity index (χ3v) is 6.27. The average molecular weight is 517 g/mol. The smallest absolute Gasteiger partial charge is 0.339 e. The molecule has 0 radical (unpaired) electrons. The number of carbonyl (C=O) groups excluding carboxylic acids is 4. The molecule has 2 aromatic carbocycles. The lowest BCUT2D eigenvalue weighted by atomic mass is 10.1. The fourth-order valence-corrected chi connectivity index (χ4v) is 4.12. The Hall–Kier alpha value is -3.30. The van der Waals surface area contributed by atoms with Gasteiger partial charge in [0.15, 0.2) is 0 Å². The molecule has 3 rings (SSSR count). The van der Waals surface area contributed by atoms with Crippen LogP contribution in [0.5, 0.6) is 5.75 Å². The highest BCUT2D eigenvalue weighted by molar-refractivity contribution is 8.18. The zero-order chi connectivity index (χ0) is 25.5. The number of halogens is 1. The lowest BCUT2D eigenvalue weighted by molar-refractivity contribution is -0.127. The van der Waals surface area contributed by atoms with E-state index < -0.39 is 29.6 Å². The SMILES string of the molecule is CCOC(=O)c1cc(NC(=O)CN2C(=O)S/C(=C/c3ccccc3O[C@@H](C)CC)C2=O)ccc1Cl. The van der Waals surface area contributed by atoms with Gasteiger partial charge in [0.2, 0.25) is 5.91 Å². The van der Waals surface area contributed by atoms with Crippen molar-refractivity contribution in [1.29, 1.82) is 0 Å². The maximum Gasteiger partial charge on any atom is 0.339 e. The van der Waals surface area contributed by atoms with Gasteiger partial charge >= 0.3 is 5.97 Å². The fourth-order valence-electron chi connectivity index (χ4n) is 3.10.